The lowest BCUT2D eigenvalue weighted by atomic mass is 10.1. The van der Waals surface area contributed by atoms with Crippen LogP contribution < -0.4 is 11.1 Å². The molecule has 0 saturated carbocycles. The summed E-state index contributed by atoms with van der Waals surface area (Å²) in [7, 11) is -3.06. The lowest BCUT2D eigenvalue weighted by molar-refractivity contribution is -0.133. The SMILES string of the molecule is NCCCC[C@H](NC(=O)c1ccccc1)C(=O)N1CCS(=O)(=O)CC1. The van der Waals surface area contributed by atoms with Crippen LogP contribution in [0.2, 0.25) is 0 Å². The van der Waals surface area contributed by atoms with Crippen LogP contribution in [0.1, 0.15) is 29.6 Å². The van der Waals surface area contributed by atoms with Crippen molar-refractivity contribution in [2.75, 3.05) is 31.1 Å². The third-order valence-electron chi connectivity index (χ3n) is 4.24. The fourth-order valence-electron chi connectivity index (χ4n) is 2.73. The van der Waals surface area contributed by atoms with Gasteiger partial charge in [0.05, 0.1) is 11.5 Å². The van der Waals surface area contributed by atoms with Crippen molar-refractivity contribution < 1.29 is 18.0 Å². The molecule has 1 aromatic rings. The van der Waals surface area contributed by atoms with Crippen LogP contribution in [0.25, 0.3) is 0 Å². The quantitative estimate of drug-likeness (QED) is 0.668. The van der Waals surface area contributed by atoms with E-state index in [2.05, 4.69) is 5.32 Å². The van der Waals surface area contributed by atoms with Crippen LogP contribution in [0.3, 0.4) is 0 Å². The molecular weight excluding hydrogens is 342 g/mol. The molecule has 1 saturated heterocycles. The number of hydrogen-bond acceptors (Lipinski definition) is 5. The van der Waals surface area contributed by atoms with Gasteiger partial charge in [0.1, 0.15) is 6.04 Å². The standard InChI is InChI=1S/C17H25N3O4S/c18-9-5-4-8-15(19-16(21)14-6-2-1-3-7-14)17(22)20-10-12-25(23,24)13-11-20/h1-3,6-7,15H,4-5,8-13,18H2,(H,19,21)/t15-/m0/s1. The molecule has 0 radical (unpaired) electrons. The normalized spacial score (nSPS) is 17.7. The van der Waals surface area contributed by atoms with Crippen molar-refractivity contribution in [3.05, 3.63) is 35.9 Å². The minimum atomic E-state index is -3.06. The molecule has 2 rings (SSSR count). The molecular formula is C17H25N3O4S. The number of nitrogens with one attached hydrogen (secondary N) is 1. The maximum atomic E-state index is 12.8. The van der Waals surface area contributed by atoms with E-state index in [0.29, 0.717) is 24.9 Å². The summed E-state index contributed by atoms with van der Waals surface area (Å²) in [6, 6.07) is 8.04. The molecule has 25 heavy (non-hydrogen) atoms. The Balaban J connectivity index is 2.04. The summed E-state index contributed by atoms with van der Waals surface area (Å²) in [5.74, 6) is -0.588. The molecule has 0 spiro atoms. The van der Waals surface area contributed by atoms with E-state index in [4.69, 9.17) is 5.73 Å². The average molecular weight is 367 g/mol. The lowest BCUT2D eigenvalue weighted by Gasteiger charge is -2.30. The number of benzene rings is 1. The second-order valence-electron chi connectivity index (χ2n) is 6.15. The molecule has 138 valence electrons. The van der Waals surface area contributed by atoms with E-state index < -0.39 is 15.9 Å². The van der Waals surface area contributed by atoms with Gasteiger partial charge in [-0.25, -0.2) is 8.42 Å². The predicted octanol–water partition coefficient (Wildman–Crippen LogP) is 0.171. The highest BCUT2D eigenvalue weighted by atomic mass is 32.2. The number of carbonyl (C=O) groups is 2. The topological polar surface area (TPSA) is 110 Å². The number of nitrogens with zero attached hydrogens (tertiary/aromatic N) is 1. The monoisotopic (exact) mass is 367 g/mol. The van der Waals surface area contributed by atoms with Gasteiger partial charge in [-0.2, -0.15) is 0 Å². The molecule has 1 aliphatic rings. The summed E-state index contributed by atoms with van der Waals surface area (Å²) in [4.78, 5) is 26.7. The maximum absolute atomic E-state index is 12.8. The predicted molar refractivity (Wildman–Crippen MR) is 95.8 cm³/mol. The zero-order valence-corrected chi connectivity index (χ0v) is 15.0. The number of amides is 2. The van der Waals surface area contributed by atoms with Crippen LogP contribution in [0.15, 0.2) is 30.3 Å². The Kier molecular flexibility index (Phi) is 6.95. The summed E-state index contributed by atoms with van der Waals surface area (Å²) < 4.78 is 23.1. The molecule has 0 unspecified atom stereocenters. The summed E-state index contributed by atoms with van der Waals surface area (Å²) in [5.41, 5.74) is 5.99. The Bertz CT molecular complexity index is 677. The van der Waals surface area contributed by atoms with Crippen molar-refractivity contribution in [1.29, 1.82) is 0 Å². The molecule has 1 atom stereocenters. The van der Waals surface area contributed by atoms with Crippen LogP contribution in [-0.2, 0) is 14.6 Å². The Labute approximate surface area is 148 Å². The molecule has 8 heteroatoms. The van der Waals surface area contributed by atoms with Gasteiger partial charge in [-0.1, -0.05) is 18.2 Å². The number of sulfone groups is 1. The van der Waals surface area contributed by atoms with E-state index in [-0.39, 0.29) is 36.4 Å². The highest BCUT2D eigenvalue weighted by Crippen LogP contribution is 2.11. The van der Waals surface area contributed by atoms with E-state index in [9.17, 15) is 18.0 Å². The van der Waals surface area contributed by atoms with Crippen LogP contribution >= 0.6 is 0 Å². The van der Waals surface area contributed by atoms with Crippen LogP contribution in [0.4, 0.5) is 0 Å². The van der Waals surface area contributed by atoms with E-state index in [0.717, 1.165) is 6.42 Å². The average Bonchev–Trinajstić information content (AvgIpc) is 2.61. The number of rotatable bonds is 7. The first kappa shape index (κ1) is 19.4. The highest BCUT2D eigenvalue weighted by molar-refractivity contribution is 7.91. The molecule has 1 fully saturated rings. The Morgan fingerprint density at radius 2 is 1.76 bits per heavy atom. The number of nitrogens with two attached hydrogens (primary N) is 1. The van der Waals surface area contributed by atoms with Gasteiger partial charge in [0, 0.05) is 18.7 Å². The van der Waals surface area contributed by atoms with Gasteiger partial charge in [-0.3, -0.25) is 9.59 Å². The van der Waals surface area contributed by atoms with Crippen molar-refractivity contribution in [2.45, 2.75) is 25.3 Å². The fourth-order valence-corrected chi connectivity index (χ4v) is 3.94. The molecule has 1 aliphatic heterocycles. The van der Waals surface area contributed by atoms with Gasteiger partial charge in [-0.15, -0.1) is 0 Å². The summed E-state index contributed by atoms with van der Waals surface area (Å²) in [5, 5.41) is 2.79. The van der Waals surface area contributed by atoms with Gasteiger partial charge < -0.3 is 16.0 Å². The first-order valence-electron chi connectivity index (χ1n) is 8.48. The Morgan fingerprint density at radius 1 is 1.12 bits per heavy atom. The third-order valence-corrected chi connectivity index (χ3v) is 5.85. The Hall–Kier alpha value is -1.93. The molecule has 7 nitrogen and oxygen atoms in total. The molecule has 0 bridgehead atoms. The molecule has 0 aromatic heterocycles. The number of hydrogen-bond donors (Lipinski definition) is 2. The summed E-state index contributed by atoms with van der Waals surface area (Å²) in [6.45, 7) is 0.876. The lowest BCUT2D eigenvalue weighted by Crippen LogP contribution is -2.52. The molecule has 0 aliphatic carbocycles. The Morgan fingerprint density at radius 3 is 2.36 bits per heavy atom. The first-order chi connectivity index (χ1) is 11.9. The zero-order chi connectivity index (χ0) is 18.3. The zero-order valence-electron chi connectivity index (χ0n) is 14.2. The highest BCUT2D eigenvalue weighted by Gasteiger charge is 2.30. The van der Waals surface area contributed by atoms with Crippen LogP contribution in [-0.4, -0.2) is 62.3 Å². The van der Waals surface area contributed by atoms with Gasteiger partial charge in [0.2, 0.25) is 5.91 Å². The first-order valence-corrected chi connectivity index (χ1v) is 10.3. The molecule has 1 heterocycles. The van der Waals surface area contributed by atoms with Crippen molar-refractivity contribution in [1.82, 2.24) is 10.2 Å². The van der Waals surface area contributed by atoms with E-state index >= 15 is 0 Å². The summed E-state index contributed by atoms with van der Waals surface area (Å²) >= 11 is 0. The largest absolute Gasteiger partial charge is 0.340 e. The minimum Gasteiger partial charge on any atom is -0.340 e. The smallest absolute Gasteiger partial charge is 0.251 e. The molecule has 1 aromatic carbocycles. The number of carbonyl (C=O) groups excluding carboxylic acids is 2. The van der Waals surface area contributed by atoms with Crippen molar-refractivity contribution >= 4 is 21.7 Å². The van der Waals surface area contributed by atoms with Crippen molar-refractivity contribution in [3.63, 3.8) is 0 Å². The van der Waals surface area contributed by atoms with E-state index in [1.54, 1.807) is 24.3 Å². The van der Waals surface area contributed by atoms with E-state index in [1.165, 1.54) is 4.90 Å². The second-order valence-corrected chi connectivity index (χ2v) is 8.46. The van der Waals surface area contributed by atoms with E-state index in [1.807, 2.05) is 6.07 Å². The molecule has 3 N–H and O–H groups in total. The van der Waals surface area contributed by atoms with Crippen LogP contribution in [0, 0.1) is 0 Å². The van der Waals surface area contributed by atoms with Gasteiger partial charge in [0.25, 0.3) is 5.91 Å². The summed E-state index contributed by atoms with van der Waals surface area (Å²) in [6.07, 6.45) is 1.96. The van der Waals surface area contributed by atoms with Gasteiger partial charge >= 0.3 is 0 Å². The van der Waals surface area contributed by atoms with Crippen LogP contribution in [0.5, 0.6) is 0 Å². The second kappa shape index (κ2) is 8.96. The minimum absolute atomic E-state index is 0.0269. The molecule has 2 amide bonds. The fraction of sp³-hybridized carbons (Fsp3) is 0.529. The van der Waals surface area contributed by atoms with Crippen molar-refractivity contribution in [2.24, 2.45) is 5.73 Å². The van der Waals surface area contributed by atoms with Gasteiger partial charge in [0.15, 0.2) is 9.84 Å². The van der Waals surface area contributed by atoms with Crippen molar-refractivity contribution in [3.8, 4) is 0 Å². The maximum Gasteiger partial charge on any atom is 0.251 e. The third kappa shape index (κ3) is 5.82. The number of unbranched alkanes of at least 4 members (excludes halogenated alkanes) is 1. The van der Waals surface area contributed by atoms with Gasteiger partial charge in [-0.05, 0) is 37.9 Å².